The molecule has 11 heavy (non-hydrogen) atoms. The number of carbonyl (C=O) groups is 1. The highest BCUT2D eigenvalue weighted by Crippen LogP contribution is 2.21. The molecule has 1 aliphatic heterocycles. The topological polar surface area (TPSA) is 42.0 Å². The third-order valence-corrected chi connectivity index (χ3v) is 1.75. The van der Waals surface area contributed by atoms with Crippen LogP contribution in [0, 0.1) is 6.92 Å². The summed E-state index contributed by atoms with van der Waals surface area (Å²) in [6.45, 7) is 1.92. The van der Waals surface area contributed by atoms with Gasteiger partial charge in [0.2, 0.25) is 5.91 Å². The van der Waals surface area contributed by atoms with Crippen LogP contribution < -0.4 is 5.32 Å². The number of rotatable bonds is 0. The molecule has 1 aromatic rings. The van der Waals surface area contributed by atoms with E-state index in [4.69, 9.17) is 0 Å². The number of fused-ring (bicyclic) bond motifs is 1. The zero-order valence-corrected chi connectivity index (χ0v) is 6.22. The second kappa shape index (κ2) is 2.05. The van der Waals surface area contributed by atoms with Crippen molar-refractivity contribution in [2.45, 2.75) is 13.3 Å². The van der Waals surface area contributed by atoms with E-state index in [0.29, 0.717) is 6.42 Å². The first kappa shape index (κ1) is 6.34. The molecule has 3 heteroatoms. The van der Waals surface area contributed by atoms with Crippen LogP contribution >= 0.6 is 0 Å². The number of anilines is 1. The number of aryl methyl sites for hydroxylation is 1. The Hall–Kier alpha value is -1.38. The van der Waals surface area contributed by atoms with Crippen molar-refractivity contribution < 1.29 is 4.79 Å². The van der Waals surface area contributed by atoms with Gasteiger partial charge in [0, 0.05) is 5.69 Å². The van der Waals surface area contributed by atoms with Crippen LogP contribution in [-0.2, 0) is 11.2 Å². The van der Waals surface area contributed by atoms with E-state index in [1.165, 1.54) is 0 Å². The third kappa shape index (κ3) is 0.981. The van der Waals surface area contributed by atoms with Crippen molar-refractivity contribution in [2.75, 3.05) is 5.32 Å². The summed E-state index contributed by atoms with van der Waals surface area (Å²) in [5, 5.41) is 2.72. The number of nitrogens with one attached hydrogen (secondary N) is 1. The molecule has 0 fully saturated rings. The van der Waals surface area contributed by atoms with Crippen molar-refractivity contribution in [3.8, 4) is 0 Å². The van der Waals surface area contributed by atoms with Gasteiger partial charge in [0.05, 0.1) is 18.3 Å². The molecule has 0 atom stereocenters. The summed E-state index contributed by atoms with van der Waals surface area (Å²) >= 11 is 0. The SMILES string of the molecule is Cc1cc2c(cn1)NC(=O)C2. The number of hydrogen-bond donors (Lipinski definition) is 1. The highest BCUT2D eigenvalue weighted by atomic mass is 16.1. The molecule has 1 amide bonds. The molecule has 56 valence electrons. The number of nitrogens with zero attached hydrogens (tertiary/aromatic N) is 1. The fraction of sp³-hybridized carbons (Fsp3) is 0.250. The Labute approximate surface area is 64.5 Å². The highest BCUT2D eigenvalue weighted by molar-refractivity contribution is 5.98. The third-order valence-electron chi connectivity index (χ3n) is 1.75. The van der Waals surface area contributed by atoms with E-state index in [0.717, 1.165) is 16.9 Å². The lowest BCUT2D eigenvalue weighted by Gasteiger charge is -1.96. The van der Waals surface area contributed by atoms with Crippen molar-refractivity contribution in [2.24, 2.45) is 0 Å². The lowest BCUT2D eigenvalue weighted by Crippen LogP contribution is -2.03. The highest BCUT2D eigenvalue weighted by Gasteiger charge is 2.16. The first-order valence-electron chi connectivity index (χ1n) is 3.51. The van der Waals surface area contributed by atoms with Gasteiger partial charge < -0.3 is 5.32 Å². The van der Waals surface area contributed by atoms with Gasteiger partial charge in [-0.1, -0.05) is 0 Å². The van der Waals surface area contributed by atoms with Crippen LogP contribution in [0.1, 0.15) is 11.3 Å². The molecule has 3 nitrogen and oxygen atoms in total. The molecule has 0 saturated carbocycles. The summed E-state index contributed by atoms with van der Waals surface area (Å²) in [7, 11) is 0. The maximum atomic E-state index is 10.9. The van der Waals surface area contributed by atoms with Crippen LogP contribution in [0.25, 0.3) is 0 Å². The summed E-state index contributed by atoms with van der Waals surface area (Å²) in [6, 6.07) is 1.94. The van der Waals surface area contributed by atoms with Crippen LogP contribution in [0.2, 0.25) is 0 Å². The van der Waals surface area contributed by atoms with E-state index in [9.17, 15) is 4.79 Å². The maximum absolute atomic E-state index is 10.9. The van der Waals surface area contributed by atoms with Gasteiger partial charge in [0.15, 0.2) is 0 Å². The lowest BCUT2D eigenvalue weighted by atomic mass is 10.2. The summed E-state index contributed by atoms with van der Waals surface area (Å²) in [4.78, 5) is 14.9. The molecule has 2 rings (SSSR count). The monoisotopic (exact) mass is 148 g/mol. The Kier molecular flexibility index (Phi) is 1.18. The van der Waals surface area contributed by atoms with Crippen LogP contribution in [0.4, 0.5) is 5.69 Å². The summed E-state index contributed by atoms with van der Waals surface area (Å²) in [5.74, 6) is 0.0624. The molecule has 1 aliphatic rings. The van der Waals surface area contributed by atoms with Gasteiger partial charge in [-0.25, -0.2) is 0 Å². The van der Waals surface area contributed by atoms with Crippen LogP contribution in [0.15, 0.2) is 12.3 Å². The number of carbonyl (C=O) groups excluding carboxylic acids is 1. The molecular formula is C8H8N2O. The average Bonchev–Trinajstić information content (AvgIpc) is 2.27. The minimum atomic E-state index is 0.0624. The van der Waals surface area contributed by atoms with Gasteiger partial charge in [0.1, 0.15) is 0 Å². The standard InChI is InChI=1S/C8H8N2O/c1-5-2-6-3-8(11)10-7(6)4-9-5/h2,4H,3H2,1H3,(H,10,11). The normalized spacial score (nSPS) is 14.5. The lowest BCUT2D eigenvalue weighted by molar-refractivity contribution is -0.115. The minimum absolute atomic E-state index is 0.0624. The van der Waals surface area contributed by atoms with Gasteiger partial charge >= 0.3 is 0 Å². The number of aromatic nitrogens is 1. The summed E-state index contributed by atoms with van der Waals surface area (Å²) in [5.41, 5.74) is 2.88. The van der Waals surface area contributed by atoms with E-state index in [2.05, 4.69) is 10.3 Å². The van der Waals surface area contributed by atoms with Crippen molar-refractivity contribution in [3.63, 3.8) is 0 Å². The molecule has 0 aliphatic carbocycles. The number of hydrogen-bond acceptors (Lipinski definition) is 2. The molecule has 1 aromatic heterocycles. The predicted octanol–water partition coefficient (Wildman–Crippen LogP) is 0.885. The Morgan fingerprint density at radius 3 is 3.27 bits per heavy atom. The largest absolute Gasteiger partial charge is 0.324 e. The van der Waals surface area contributed by atoms with Gasteiger partial charge in [-0.15, -0.1) is 0 Å². The predicted molar refractivity (Wildman–Crippen MR) is 41.3 cm³/mol. The quantitative estimate of drug-likeness (QED) is 0.593. The van der Waals surface area contributed by atoms with Crippen molar-refractivity contribution >= 4 is 11.6 Å². The van der Waals surface area contributed by atoms with Gasteiger partial charge in [0.25, 0.3) is 0 Å². The van der Waals surface area contributed by atoms with Crippen molar-refractivity contribution in [1.82, 2.24) is 4.98 Å². The fourth-order valence-corrected chi connectivity index (χ4v) is 1.24. The minimum Gasteiger partial charge on any atom is -0.324 e. The Morgan fingerprint density at radius 1 is 1.64 bits per heavy atom. The first-order valence-corrected chi connectivity index (χ1v) is 3.51. The number of amides is 1. The van der Waals surface area contributed by atoms with Crippen molar-refractivity contribution in [1.29, 1.82) is 0 Å². The molecule has 1 N–H and O–H groups in total. The Bertz CT molecular complexity index is 320. The van der Waals surface area contributed by atoms with E-state index < -0.39 is 0 Å². The molecule has 0 saturated heterocycles. The number of pyridine rings is 1. The zero-order valence-electron chi connectivity index (χ0n) is 6.22. The maximum Gasteiger partial charge on any atom is 0.228 e. The molecule has 0 radical (unpaired) electrons. The van der Waals surface area contributed by atoms with Gasteiger partial charge in [-0.2, -0.15) is 0 Å². The summed E-state index contributed by atoms with van der Waals surface area (Å²) < 4.78 is 0. The van der Waals surface area contributed by atoms with Crippen molar-refractivity contribution in [3.05, 3.63) is 23.5 Å². The first-order chi connectivity index (χ1) is 5.25. The molecule has 0 unspecified atom stereocenters. The second-order valence-electron chi connectivity index (χ2n) is 2.71. The molecule has 0 bridgehead atoms. The smallest absolute Gasteiger partial charge is 0.228 e. The Balaban J connectivity index is 2.51. The molecular weight excluding hydrogens is 140 g/mol. The fourth-order valence-electron chi connectivity index (χ4n) is 1.24. The molecule has 2 heterocycles. The molecule has 0 spiro atoms. The van der Waals surface area contributed by atoms with Crippen LogP contribution in [0.3, 0.4) is 0 Å². The summed E-state index contributed by atoms with van der Waals surface area (Å²) in [6.07, 6.45) is 2.20. The van der Waals surface area contributed by atoms with E-state index in [1.807, 2.05) is 13.0 Å². The van der Waals surface area contributed by atoms with Gasteiger partial charge in [-0.05, 0) is 18.6 Å². The van der Waals surface area contributed by atoms with E-state index in [1.54, 1.807) is 6.20 Å². The molecule has 0 aromatic carbocycles. The van der Waals surface area contributed by atoms with Crippen LogP contribution in [-0.4, -0.2) is 10.9 Å². The van der Waals surface area contributed by atoms with Crippen LogP contribution in [0.5, 0.6) is 0 Å². The van der Waals surface area contributed by atoms with Gasteiger partial charge in [-0.3, -0.25) is 9.78 Å². The Morgan fingerprint density at radius 2 is 2.45 bits per heavy atom. The second-order valence-corrected chi connectivity index (χ2v) is 2.71. The van der Waals surface area contributed by atoms with E-state index in [-0.39, 0.29) is 5.91 Å². The van der Waals surface area contributed by atoms with E-state index >= 15 is 0 Å². The average molecular weight is 148 g/mol. The zero-order chi connectivity index (χ0) is 7.84.